The number of likely N-dealkylation sites (tertiary alicyclic amines) is 1. The zero-order valence-corrected chi connectivity index (χ0v) is 24.1. The molecule has 10 heteroatoms. The Balaban J connectivity index is 1.16. The number of amides is 3. The van der Waals surface area contributed by atoms with Crippen molar-refractivity contribution in [2.24, 2.45) is 0 Å². The van der Waals surface area contributed by atoms with Gasteiger partial charge >= 0.3 is 12.0 Å². The molecule has 10 nitrogen and oxygen atoms in total. The summed E-state index contributed by atoms with van der Waals surface area (Å²) in [6.07, 6.45) is 1.22. The first-order chi connectivity index (χ1) is 21.0. The lowest BCUT2D eigenvalue weighted by Crippen LogP contribution is -2.52. The minimum atomic E-state index is -1.13. The van der Waals surface area contributed by atoms with Crippen LogP contribution in [0.2, 0.25) is 0 Å². The summed E-state index contributed by atoms with van der Waals surface area (Å²) in [5, 5.41) is 15.5. The number of rotatable bonds is 11. The summed E-state index contributed by atoms with van der Waals surface area (Å²) in [7, 11) is 0. The number of carboxylic acid groups (broad SMARTS) is 1. The number of urea groups is 1. The van der Waals surface area contributed by atoms with Gasteiger partial charge in [-0.25, -0.2) is 9.59 Å². The quantitative estimate of drug-likeness (QED) is 0.312. The number of carbonyl (C=O) groups is 3. The van der Waals surface area contributed by atoms with Gasteiger partial charge < -0.3 is 30.1 Å². The molecule has 2 aliphatic rings. The Kier molecular flexibility index (Phi) is 10.2. The molecule has 2 atom stereocenters. The van der Waals surface area contributed by atoms with Crippen molar-refractivity contribution >= 4 is 23.6 Å². The predicted molar refractivity (Wildman–Crippen MR) is 163 cm³/mol. The zero-order chi connectivity index (χ0) is 30.0. The van der Waals surface area contributed by atoms with Gasteiger partial charge in [-0.2, -0.15) is 0 Å². The second-order valence-electron chi connectivity index (χ2n) is 10.7. The molecule has 3 N–H and O–H groups in total. The SMILES string of the molecule is O=C(N[C@@H](Cc1ccc(OCCN2CCOCC2)cc1)C(=O)O)C1CCCN1C(=O)Nc1ccccc1-c1ccccc1. The van der Waals surface area contributed by atoms with Crippen molar-refractivity contribution in [3.05, 3.63) is 84.4 Å². The Hall–Kier alpha value is -4.41. The number of carboxylic acids is 1. The lowest BCUT2D eigenvalue weighted by atomic mass is 10.0. The fraction of sp³-hybridized carbons (Fsp3) is 0.364. The number of aliphatic carboxylic acids is 1. The smallest absolute Gasteiger partial charge is 0.326 e. The maximum atomic E-state index is 13.3. The Labute approximate surface area is 251 Å². The minimum absolute atomic E-state index is 0.110. The fourth-order valence-electron chi connectivity index (χ4n) is 5.47. The molecule has 2 heterocycles. The van der Waals surface area contributed by atoms with Gasteiger partial charge in [-0.3, -0.25) is 9.69 Å². The monoisotopic (exact) mass is 586 g/mol. The molecule has 2 fully saturated rings. The normalized spacial score (nSPS) is 17.7. The molecule has 2 aliphatic heterocycles. The molecule has 0 saturated carbocycles. The molecule has 3 aromatic carbocycles. The van der Waals surface area contributed by atoms with Gasteiger partial charge in [-0.05, 0) is 42.2 Å². The van der Waals surface area contributed by atoms with Crippen molar-refractivity contribution in [3.8, 4) is 16.9 Å². The van der Waals surface area contributed by atoms with E-state index in [-0.39, 0.29) is 6.42 Å². The molecular formula is C33H38N4O6. The van der Waals surface area contributed by atoms with E-state index in [0.717, 1.165) is 49.5 Å². The van der Waals surface area contributed by atoms with E-state index in [4.69, 9.17) is 9.47 Å². The zero-order valence-electron chi connectivity index (χ0n) is 24.1. The van der Waals surface area contributed by atoms with Crippen LogP contribution < -0.4 is 15.4 Å². The van der Waals surface area contributed by atoms with Crippen LogP contribution in [0.15, 0.2) is 78.9 Å². The van der Waals surface area contributed by atoms with Crippen molar-refractivity contribution in [2.45, 2.75) is 31.3 Å². The average molecular weight is 587 g/mol. The molecule has 0 spiro atoms. The first kappa shape index (κ1) is 30.1. The predicted octanol–water partition coefficient (Wildman–Crippen LogP) is 3.87. The number of morpholine rings is 1. The van der Waals surface area contributed by atoms with Crippen molar-refractivity contribution < 1.29 is 29.0 Å². The maximum Gasteiger partial charge on any atom is 0.326 e. The second-order valence-corrected chi connectivity index (χ2v) is 10.7. The van der Waals surface area contributed by atoms with Crippen LogP contribution in [0.4, 0.5) is 10.5 Å². The standard InChI is InChI=1S/C33H38N4O6/c38-31(30-11-6-16-37(30)33(41)35-28-10-5-4-9-27(28)25-7-2-1-3-8-25)34-29(32(39)40)23-24-12-14-26(15-13-24)43-22-19-36-17-20-42-21-18-36/h1-5,7-10,12-15,29-30H,6,11,16-23H2,(H,34,38)(H,35,41)(H,39,40)/t29-,30?/m0/s1. The summed E-state index contributed by atoms with van der Waals surface area (Å²) >= 11 is 0. The summed E-state index contributed by atoms with van der Waals surface area (Å²) in [4.78, 5) is 42.5. The van der Waals surface area contributed by atoms with E-state index in [1.165, 1.54) is 4.90 Å². The van der Waals surface area contributed by atoms with E-state index in [9.17, 15) is 19.5 Å². The highest BCUT2D eigenvalue weighted by atomic mass is 16.5. The van der Waals surface area contributed by atoms with Gasteiger partial charge in [0, 0.05) is 38.2 Å². The average Bonchev–Trinajstić information content (AvgIpc) is 3.53. The van der Waals surface area contributed by atoms with Crippen LogP contribution in [0.1, 0.15) is 18.4 Å². The van der Waals surface area contributed by atoms with Crippen LogP contribution in [0.5, 0.6) is 5.75 Å². The number of para-hydroxylation sites is 1. The number of hydrogen-bond donors (Lipinski definition) is 3. The Morgan fingerprint density at radius 2 is 1.65 bits per heavy atom. The summed E-state index contributed by atoms with van der Waals surface area (Å²) in [5.74, 6) is -0.904. The molecule has 3 aromatic rings. The molecule has 1 unspecified atom stereocenters. The summed E-state index contributed by atoms with van der Waals surface area (Å²) in [5.41, 5.74) is 3.23. The Morgan fingerprint density at radius 1 is 0.930 bits per heavy atom. The van der Waals surface area contributed by atoms with Gasteiger partial charge in [0.1, 0.15) is 24.4 Å². The van der Waals surface area contributed by atoms with E-state index in [0.29, 0.717) is 37.4 Å². The number of ether oxygens (including phenoxy) is 2. The van der Waals surface area contributed by atoms with Crippen molar-refractivity contribution in [3.63, 3.8) is 0 Å². The largest absolute Gasteiger partial charge is 0.492 e. The first-order valence-corrected chi connectivity index (χ1v) is 14.7. The Morgan fingerprint density at radius 3 is 2.40 bits per heavy atom. The van der Waals surface area contributed by atoms with Crippen LogP contribution in [0.3, 0.4) is 0 Å². The molecule has 43 heavy (non-hydrogen) atoms. The van der Waals surface area contributed by atoms with E-state index in [2.05, 4.69) is 15.5 Å². The summed E-state index contributed by atoms with van der Waals surface area (Å²) < 4.78 is 11.2. The van der Waals surface area contributed by atoms with E-state index >= 15 is 0 Å². The fourth-order valence-corrected chi connectivity index (χ4v) is 5.47. The number of carbonyl (C=O) groups excluding carboxylic acids is 2. The van der Waals surface area contributed by atoms with Gasteiger partial charge in [0.15, 0.2) is 0 Å². The van der Waals surface area contributed by atoms with Gasteiger partial charge in [-0.1, -0.05) is 60.7 Å². The second kappa shape index (κ2) is 14.7. The highest BCUT2D eigenvalue weighted by Crippen LogP contribution is 2.29. The van der Waals surface area contributed by atoms with Crippen LogP contribution in [-0.2, 0) is 20.7 Å². The maximum absolute atomic E-state index is 13.3. The van der Waals surface area contributed by atoms with Crippen LogP contribution >= 0.6 is 0 Å². The molecule has 0 radical (unpaired) electrons. The molecule has 2 saturated heterocycles. The molecule has 5 rings (SSSR count). The molecule has 0 aromatic heterocycles. The number of nitrogens with one attached hydrogen (secondary N) is 2. The van der Waals surface area contributed by atoms with E-state index < -0.39 is 30.0 Å². The number of nitrogens with zero attached hydrogens (tertiary/aromatic N) is 2. The van der Waals surface area contributed by atoms with Crippen LogP contribution in [0, 0.1) is 0 Å². The molecule has 0 aliphatic carbocycles. The highest BCUT2D eigenvalue weighted by molar-refractivity contribution is 5.98. The van der Waals surface area contributed by atoms with Crippen molar-refractivity contribution in [1.29, 1.82) is 0 Å². The number of anilines is 1. The first-order valence-electron chi connectivity index (χ1n) is 14.7. The van der Waals surface area contributed by atoms with Crippen molar-refractivity contribution in [2.75, 3.05) is 51.3 Å². The van der Waals surface area contributed by atoms with Gasteiger partial charge in [0.05, 0.1) is 18.9 Å². The third-order valence-corrected chi connectivity index (χ3v) is 7.83. The van der Waals surface area contributed by atoms with Crippen LogP contribution in [-0.4, -0.2) is 90.9 Å². The highest BCUT2D eigenvalue weighted by Gasteiger charge is 2.36. The van der Waals surface area contributed by atoms with E-state index in [1.54, 1.807) is 0 Å². The lowest BCUT2D eigenvalue weighted by molar-refractivity contribution is -0.142. The number of benzene rings is 3. The van der Waals surface area contributed by atoms with Crippen LogP contribution in [0.25, 0.3) is 11.1 Å². The summed E-state index contributed by atoms with van der Waals surface area (Å²) in [6.45, 7) is 5.05. The molecular weight excluding hydrogens is 548 g/mol. The van der Waals surface area contributed by atoms with Gasteiger partial charge in [0.25, 0.3) is 0 Å². The van der Waals surface area contributed by atoms with Crippen molar-refractivity contribution in [1.82, 2.24) is 15.1 Å². The van der Waals surface area contributed by atoms with Gasteiger partial charge in [-0.15, -0.1) is 0 Å². The topological polar surface area (TPSA) is 120 Å². The third kappa shape index (κ3) is 8.12. The molecule has 0 bridgehead atoms. The minimum Gasteiger partial charge on any atom is -0.492 e. The van der Waals surface area contributed by atoms with E-state index in [1.807, 2.05) is 78.9 Å². The van der Waals surface area contributed by atoms with Gasteiger partial charge in [0.2, 0.25) is 5.91 Å². The summed E-state index contributed by atoms with van der Waals surface area (Å²) in [6, 6.07) is 22.2. The number of hydrogen-bond acceptors (Lipinski definition) is 6. The Bertz CT molecular complexity index is 1380. The molecule has 3 amide bonds. The lowest BCUT2D eigenvalue weighted by Gasteiger charge is -2.26. The third-order valence-electron chi connectivity index (χ3n) is 7.83. The molecule has 226 valence electrons.